The number of halogens is 1. The van der Waals surface area contributed by atoms with Crippen molar-refractivity contribution in [2.24, 2.45) is 5.73 Å². The Bertz CT molecular complexity index is 376. The maximum atomic E-state index is 6.14. The van der Waals surface area contributed by atoms with E-state index in [1.54, 1.807) is 0 Å². The first-order valence-electron chi connectivity index (χ1n) is 5.63. The molecule has 2 N–H and O–H groups in total. The van der Waals surface area contributed by atoms with Gasteiger partial charge in [0.2, 0.25) is 0 Å². The number of ether oxygens (including phenoxy) is 1. The van der Waals surface area contributed by atoms with Crippen LogP contribution >= 0.6 is 12.4 Å². The summed E-state index contributed by atoms with van der Waals surface area (Å²) in [6.07, 6.45) is 0.926. The van der Waals surface area contributed by atoms with E-state index in [-0.39, 0.29) is 18.4 Å². The van der Waals surface area contributed by atoms with E-state index < -0.39 is 0 Å². The summed E-state index contributed by atoms with van der Waals surface area (Å²) < 4.78 is 5.79. The third-order valence-electron chi connectivity index (χ3n) is 3.11. The quantitative estimate of drug-likeness (QED) is 0.819. The van der Waals surface area contributed by atoms with E-state index in [0.29, 0.717) is 5.92 Å². The number of hydrogen-bond acceptors (Lipinski definition) is 2. The van der Waals surface area contributed by atoms with Crippen molar-refractivity contribution in [2.45, 2.75) is 39.2 Å². The third kappa shape index (κ3) is 2.18. The van der Waals surface area contributed by atoms with Crippen LogP contribution in [0.1, 0.15) is 48.9 Å². The molecule has 0 saturated carbocycles. The second-order valence-electron chi connectivity index (χ2n) is 4.61. The largest absolute Gasteiger partial charge is 0.493 e. The first kappa shape index (κ1) is 13.3. The van der Waals surface area contributed by atoms with Gasteiger partial charge in [0, 0.05) is 18.0 Å². The lowest BCUT2D eigenvalue weighted by molar-refractivity contribution is 0.264. The number of rotatable bonds is 1. The SMILES string of the molecule is Cc1ccc(C(C)C)c2c1[C@H](N)CCO2.Cl. The molecule has 0 unspecified atom stereocenters. The van der Waals surface area contributed by atoms with Crippen LogP contribution in [0.5, 0.6) is 5.75 Å². The molecule has 0 fully saturated rings. The molecule has 90 valence electrons. The average molecular weight is 242 g/mol. The third-order valence-corrected chi connectivity index (χ3v) is 3.11. The van der Waals surface area contributed by atoms with Crippen LogP contribution in [0.25, 0.3) is 0 Å². The highest BCUT2D eigenvalue weighted by molar-refractivity contribution is 5.85. The topological polar surface area (TPSA) is 35.2 Å². The van der Waals surface area contributed by atoms with E-state index in [9.17, 15) is 0 Å². The van der Waals surface area contributed by atoms with Crippen molar-refractivity contribution in [2.75, 3.05) is 6.61 Å². The Morgan fingerprint density at radius 1 is 1.38 bits per heavy atom. The Kier molecular flexibility index (Phi) is 4.22. The molecule has 16 heavy (non-hydrogen) atoms. The molecule has 0 spiro atoms. The van der Waals surface area contributed by atoms with Gasteiger partial charge in [-0.1, -0.05) is 26.0 Å². The fraction of sp³-hybridized carbons (Fsp3) is 0.538. The molecule has 1 aromatic carbocycles. The lowest BCUT2D eigenvalue weighted by Gasteiger charge is -2.28. The summed E-state index contributed by atoms with van der Waals surface area (Å²) >= 11 is 0. The van der Waals surface area contributed by atoms with Crippen molar-refractivity contribution < 1.29 is 4.74 Å². The highest BCUT2D eigenvalue weighted by Gasteiger charge is 2.23. The zero-order valence-electron chi connectivity index (χ0n) is 10.1. The molecule has 3 heteroatoms. The van der Waals surface area contributed by atoms with Gasteiger partial charge in [-0.3, -0.25) is 0 Å². The first-order chi connectivity index (χ1) is 7.11. The van der Waals surface area contributed by atoms with Crippen LogP contribution in [-0.2, 0) is 0 Å². The number of nitrogens with two attached hydrogens (primary N) is 1. The Labute approximate surface area is 104 Å². The Balaban J connectivity index is 0.00000128. The van der Waals surface area contributed by atoms with Crippen LogP contribution in [0.3, 0.4) is 0 Å². The smallest absolute Gasteiger partial charge is 0.127 e. The maximum Gasteiger partial charge on any atom is 0.127 e. The predicted octanol–water partition coefficient (Wildman–Crippen LogP) is 3.32. The van der Waals surface area contributed by atoms with Crippen molar-refractivity contribution in [1.82, 2.24) is 0 Å². The number of benzene rings is 1. The Morgan fingerprint density at radius 2 is 2.06 bits per heavy atom. The lowest BCUT2D eigenvalue weighted by Crippen LogP contribution is -2.22. The van der Waals surface area contributed by atoms with Gasteiger partial charge in [-0.15, -0.1) is 12.4 Å². The van der Waals surface area contributed by atoms with Gasteiger partial charge in [0.15, 0.2) is 0 Å². The predicted molar refractivity (Wildman–Crippen MR) is 69.6 cm³/mol. The number of hydrogen-bond donors (Lipinski definition) is 1. The fourth-order valence-corrected chi connectivity index (χ4v) is 2.22. The monoisotopic (exact) mass is 241 g/mol. The molecule has 0 bridgehead atoms. The summed E-state index contributed by atoms with van der Waals surface area (Å²) in [6, 6.07) is 4.46. The minimum Gasteiger partial charge on any atom is -0.493 e. The van der Waals surface area contributed by atoms with Crippen LogP contribution in [0.2, 0.25) is 0 Å². The van der Waals surface area contributed by atoms with Crippen molar-refractivity contribution in [3.05, 3.63) is 28.8 Å². The lowest BCUT2D eigenvalue weighted by atomic mass is 9.90. The summed E-state index contributed by atoms with van der Waals surface area (Å²) in [5, 5.41) is 0. The minimum atomic E-state index is 0. The van der Waals surface area contributed by atoms with Gasteiger partial charge in [0.25, 0.3) is 0 Å². The van der Waals surface area contributed by atoms with Crippen molar-refractivity contribution >= 4 is 12.4 Å². The van der Waals surface area contributed by atoms with Gasteiger partial charge in [-0.2, -0.15) is 0 Å². The van der Waals surface area contributed by atoms with Crippen molar-refractivity contribution in [3.8, 4) is 5.75 Å². The van der Waals surface area contributed by atoms with Gasteiger partial charge in [0.1, 0.15) is 5.75 Å². The average Bonchev–Trinajstić information content (AvgIpc) is 2.17. The summed E-state index contributed by atoms with van der Waals surface area (Å²) in [5.41, 5.74) is 9.89. The highest BCUT2D eigenvalue weighted by atomic mass is 35.5. The molecule has 0 radical (unpaired) electrons. The number of fused-ring (bicyclic) bond motifs is 1. The second kappa shape index (κ2) is 5.07. The van der Waals surface area contributed by atoms with Crippen LogP contribution in [0, 0.1) is 6.92 Å². The zero-order valence-corrected chi connectivity index (χ0v) is 10.9. The van der Waals surface area contributed by atoms with Gasteiger partial charge in [0.05, 0.1) is 6.61 Å². The molecular formula is C13H20ClNO. The van der Waals surface area contributed by atoms with Gasteiger partial charge in [-0.25, -0.2) is 0 Å². The molecule has 2 rings (SSSR count). The van der Waals surface area contributed by atoms with Gasteiger partial charge < -0.3 is 10.5 Å². The second-order valence-corrected chi connectivity index (χ2v) is 4.61. The minimum absolute atomic E-state index is 0. The molecule has 1 aliphatic heterocycles. The van der Waals surface area contributed by atoms with E-state index in [2.05, 4.69) is 32.9 Å². The molecule has 1 atom stereocenters. The van der Waals surface area contributed by atoms with E-state index in [1.807, 2.05) is 0 Å². The molecule has 0 aromatic heterocycles. The van der Waals surface area contributed by atoms with Crippen LogP contribution in [0.15, 0.2) is 12.1 Å². The van der Waals surface area contributed by atoms with E-state index in [0.717, 1.165) is 18.8 Å². The molecule has 1 aliphatic rings. The molecular weight excluding hydrogens is 222 g/mol. The van der Waals surface area contributed by atoms with Crippen LogP contribution in [0.4, 0.5) is 0 Å². The van der Waals surface area contributed by atoms with Crippen molar-refractivity contribution in [3.63, 3.8) is 0 Å². The van der Waals surface area contributed by atoms with Crippen molar-refractivity contribution in [1.29, 1.82) is 0 Å². The summed E-state index contributed by atoms with van der Waals surface area (Å²) in [4.78, 5) is 0. The molecule has 1 aromatic rings. The zero-order chi connectivity index (χ0) is 11.0. The summed E-state index contributed by atoms with van der Waals surface area (Å²) in [6.45, 7) is 7.23. The van der Waals surface area contributed by atoms with E-state index in [1.165, 1.54) is 16.7 Å². The van der Waals surface area contributed by atoms with Crippen LogP contribution in [-0.4, -0.2) is 6.61 Å². The molecule has 0 saturated heterocycles. The summed E-state index contributed by atoms with van der Waals surface area (Å²) in [7, 11) is 0. The van der Waals surface area contributed by atoms with Gasteiger partial charge >= 0.3 is 0 Å². The molecule has 2 nitrogen and oxygen atoms in total. The fourth-order valence-electron chi connectivity index (χ4n) is 2.22. The Hall–Kier alpha value is -0.730. The van der Waals surface area contributed by atoms with E-state index >= 15 is 0 Å². The number of aryl methyl sites for hydroxylation is 1. The first-order valence-corrected chi connectivity index (χ1v) is 5.63. The van der Waals surface area contributed by atoms with E-state index in [4.69, 9.17) is 10.5 Å². The standard InChI is InChI=1S/C13H19NO.ClH/c1-8(2)10-5-4-9(3)12-11(14)6-7-15-13(10)12;/h4-5,8,11H,6-7,14H2,1-3H3;1H/t11-;/m1./s1. The normalized spacial score (nSPS) is 18.7. The highest BCUT2D eigenvalue weighted by Crippen LogP contribution is 2.39. The maximum absolute atomic E-state index is 6.14. The van der Waals surface area contributed by atoms with Gasteiger partial charge in [-0.05, 0) is 24.0 Å². The molecule has 1 heterocycles. The molecule has 0 amide bonds. The summed E-state index contributed by atoms with van der Waals surface area (Å²) in [5.74, 6) is 1.54. The van der Waals surface area contributed by atoms with Crippen LogP contribution < -0.4 is 10.5 Å². The Morgan fingerprint density at radius 3 is 2.69 bits per heavy atom. The molecule has 0 aliphatic carbocycles.